The van der Waals surface area contributed by atoms with Crippen LogP contribution in [0.5, 0.6) is 0 Å². The van der Waals surface area contributed by atoms with Crippen LogP contribution < -0.4 is 16.5 Å². The van der Waals surface area contributed by atoms with Gasteiger partial charge in [-0.05, 0) is 12.1 Å². The highest BCUT2D eigenvalue weighted by Gasteiger charge is 2.13. The Bertz CT molecular complexity index is 502. The van der Waals surface area contributed by atoms with Gasteiger partial charge in [0.1, 0.15) is 5.69 Å². The Labute approximate surface area is 111 Å². The van der Waals surface area contributed by atoms with E-state index < -0.39 is 5.66 Å². The second kappa shape index (κ2) is 7.06. The standard InChI is InChI=1S/C7H6N3O.C6H10N2/c8-9-10(6-11)7-4-2-1-3-5-7;7-6(8)4-2-1-3-5-6/h1-6H;1-4H,5,7-8H2/q+1;. The summed E-state index contributed by atoms with van der Waals surface area (Å²) in [5, 5.41) is 11.9. The van der Waals surface area contributed by atoms with Gasteiger partial charge in [-0.1, -0.05) is 42.5 Å². The Kier molecular flexibility index (Phi) is 5.41. The molecular formula is C13H16N5O+. The molecule has 0 spiro atoms. The summed E-state index contributed by atoms with van der Waals surface area (Å²) in [6.07, 6.45) is 8.73. The topological polar surface area (TPSA) is 100 Å². The fourth-order valence-corrected chi connectivity index (χ4v) is 1.37. The molecule has 4 N–H and O–H groups in total. The van der Waals surface area contributed by atoms with Gasteiger partial charge in [0.25, 0.3) is 11.8 Å². The maximum Gasteiger partial charge on any atom is 0.318 e. The number of hydrogen-bond donors (Lipinski definition) is 2. The molecule has 98 valence electrons. The fourth-order valence-electron chi connectivity index (χ4n) is 1.37. The van der Waals surface area contributed by atoms with Gasteiger partial charge in [0, 0.05) is 6.42 Å². The molecule has 1 aromatic carbocycles. The number of carbonyl (C=O) groups excluding carboxylic acids is 1. The molecule has 0 heterocycles. The first-order valence-electron chi connectivity index (χ1n) is 5.66. The lowest BCUT2D eigenvalue weighted by molar-refractivity contribution is -0.107. The zero-order valence-electron chi connectivity index (χ0n) is 10.4. The first kappa shape index (κ1) is 14.6. The quantitative estimate of drug-likeness (QED) is 0.363. The predicted molar refractivity (Wildman–Crippen MR) is 74.1 cm³/mol. The zero-order valence-corrected chi connectivity index (χ0v) is 10.4. The fraction of sp³-hybridized carbons (Fsp3) is 0.154. The normalized spacial score (nSPS) is 14.8. The summed E-state index contributed by atoms with van der Waals surface area (Å²) in [6.45, 7) is 0. The SMILES string of the molecule is N#[N+]N(C=O)c1ccccc1.NC1(N)C=CC=CC1. The zero-order chi connectivity index (χ0) is 14.1. The van der Waals surface area contributed by atoms with Crippen molar-refractivity contribution in [1.82, 2.24) is 0 Å². The minimum absolute atomic E-state index is 0.426. The highest BCUT2D eigenvalue weighted by Crippen LogP contribution is 2.10. The van der Waals surface area contributed by atoms with Crippen LogP contribution in [0.3, 0.4) is 0 Å². The molecule has 0 saturated carbocycles. The molecule has 0 atom stereocenters. The number of allylic oxidation sites excluding steroid dienone is 2. The molecular weight excluding hydrogens is 242 g/mol. The molecule has 19 heavy (non-hydrogen) atoms. The predicted octanol–water partition coefficient (Wildman–Crippen LogP) is 1.53. The summed E-state index contributed by atoms with van der Waals surface area (Å²) in [5.74, 6) is 0. The third kappa shape index (κ3) is 5.12. The molecule has 0 saturated heterocycles. The number of nitrogens with two attached hydrogens (primary N) is 2. The number of benzene rings is 1. The second-order valence-corrected chi connectivity index (χ2v) is 3.98. The molecule has 0 radical (unpaired) electrons. The van der Waals surface area contributed by atoms with Gasteiger partial charge in [-0.3, -0.25) is 4.79 Å². The van der Waals surface area contributed by atoms with E-state index in [0.29, 0.717) is 12.1 Å². The van der Waals surface area contributed by atoms with Crippen LogP contribution in [-0.4, -0.2) is 12.1 Å². The number of amides is 1. The number of para-hydroxylation sites is 1. The highest BCUT2D eigenvalue weighted by molar-refractivity contribution is 5.75. The van der Waals surface area contributed by atoms with Gasteiger partial charge in [0.2, 0.25) is 0 Å². The average molecular weight is 258 g/mol. The number of anilines is 1. The van der Waals surface area contributed by atoms with Gasteiger partial charge in [-0.25, -0.2) is 0 Å². The van der Waals surface area contributed by atoms with Crippen LogP contribution in [0.25, 0.3) is 5.08 Å². The number of hydrogen-bond acceptors (Lipinski definition) is 4. The molecule has 0 unspecified atom stereocenters. The van der Waals surface area contributed by atoms with E-state index in [1.807, 2.05) is 24.3 Å². The third-order valence-corrected chi connectivity index (χ3v) is 2.34. The molecule has 0 aromatic heterocycles. The molecule has 6 heteroatoms. The Morgan fingerprint density at radius 2 is 1.95 bits per heavy atom. The van der Waals surface area contributed by atoms with Gasteiger partial charge in [-0.2, -0.15) is 0 Å². The summed E-state index contributed by atoms with van der Waals surface area (Å²) >= 11 is 0. The van der Waals surface area contributed by atoms with E-state index in [1.165, 1.54) is 0 Å². The average Bonchev–Trinajstić information content (AvgIpc) is 2.42. The van der Waals surface area contributed by atoms with Crippen molar-refractivity contribution in [3.63, 3.8) is 0 Å². The minimum atomic E-state index is -0.589. The van der Waals surface area contributed by atoms with Crippen molar-refractivity contribution in [2.75, 3.05) is 5.01 Å². The minimum Gasteiger partial charge on any atom is -0.310 e. The largest absolute Gasteiger partial charge is 0.318 e. The van der Waals surface area contributed by atoms with Crippen LogP contribution in [-0.2, 0) is 4.79 Å². The lowest BCUT2D eigenvalue weighted by Gasteiger charge is -2.19. The summed E-state index contributed by atoms with van der Waals surface area (Å²) in [6, 6.07) is 8.63. The number of rotatable bonds is 2. The first-order chi connectivity index (χ1) is 9.09. The van der Waals surface area contributed by atoms with Gasteiger partial charge in [-0.15, -0.1) is 0 Å². The number of nitrogens with zero attached hydrogens (tertiary/aromatic N) is 3. The lowest BCUT2D eigenvalue weighted by Crippen LogP contribution is -2.47. The Morgan fingerprint density at radius 3 is 2.32 bits per heavy atom. The Hall–Kier alpha value is -2.49. The van der Waals surface area contributed by atoms with Crippen LogP contribution in [0.2, 0.25) is 0 Å². The molecule has 6 nitrogen and oxygen atoms in total. The maximum atomic E-state index is 10.2. The molecule has 0 bridgehead atoms. The van der Waals surface area contributed by atoms with E-state index in [9.17, 15) is 4.79 Å². The second-order valence-electron chi connectivity index (χ2n) is 3.98. The van der Waals surface area contributed by atoms with Crippen molar-refractivity contribution in [3.05, 3.63) is 59.7 Å². The Balaban J connectivity index is 0.000000200. The lowest BCUT2D eigenvalue weighted by atomic mass is 10.0. The van der Waals surface area contributed by atoms with E-state index in [-0.39, 0.29) is 0 Å². The summed E-state index contributed by atoms with van der Waals surface area (Å²) < 4.78 is 0. The summed E-state index contributed by atoms with van der Waals surface area (Å²) in [5.41, 5.74) is 11.0. The maximum absolute atomic E-state index is 10.2. The number of carbonyl (C=O) groups is 1. The van der Waals surface area contributed by atoms with E-state index >= 15 is 0 Å². The van der Waals surface area contributed by atoms with Crippen LogP contribution in [0.4, 0.5) is 5.69 Å². The van der Waals surface area contributed by atoms with E-state index in [0.717, 1.165) is 11.4 Å². The summed E-state index contributed by atoms with van der Waals surface area (Å²) in [4.78, 5) is 10.2. The molecule has 0 aliphatic heterocycles. The van der Waals surface area contributed by atoms with Crippen molar-refractivity contribution < 1.29 is 4.79 Å². The van der Waals surface area contributed by atoms with Crippen LogP contribution in [0.1, 0.15) is 6.42 Å². The molecule has 1 aliphatic rings. The summed E-state index contributed by atoms with van der Waals surface area (Å²) in [7, 11) is 0. The van der Waals surface area contributed by atoms with Crippen molar-refractivity contribution in [3.8, 4) is 0 Å². The van der Waals surface area contributed by atoms with Crippen LogP contribution in [0.15, 0.2) is 54.6 Å². The highest BCUT2D eigenvalue weighted by atomic mass is 16.1. The van der Waals surface area contributed by atoms with E-state index in [2.05, 4.69) is 5.08 Å². The van der Waals surface area contributed by atoms with Gasteiger partial charge in [0.05, 0.1) is 10.7 Å². The Morgan fingerprint density at radius 1 is 1.26 bits per heavy atom. The van der Waals surface area contributed by atoms with E-state index in [1.54, 1.807) is 30.3 Å². The smallest absolute Gasteiger partial charge is 0.310 e. The van der Waals surface area contributed by atoms with Crippen molar-refractivity contribution in [1.29, 1.82) is 5.39 Å². The van der Waals surface area contributed by atoms with Crippen LogP contribution >= 0.6 is 0 Å². The van der Waals surface area contributed by atoms with Gasteiger partial charge in [0.15, 0.2) is 0 Å². The molecule has 1 aliphatic carbocycles. The first-order valence-corrected chi connectivity index (χ1v) is 5.66. The van der Waals surface area contributed by atoms with E-state index in [4.69, 9.17) is 16.9 Å². The van der Waals surface area contributed by atoms with Gasteiger partial charge < -0.3 is 11.5 Å². The van der Waals surface area contributed by atoms with Gasteiger partial charge >= 0.3 is 5.08 Å². The van der Waals surface area contributed by atoms with Crippen molar-refractivity contribution in [2.24, 2.45) is 11.5 Å². The monoisotopic (exact) mass is 258 g/mol. The molecule has 0 fully saturated rings. The van der Waals surface area contributed by atoms with Crippen molar-refractivity contribution >= 4 is 12.1 Å². The third-order valence-electron chi connectivity index (χ3n) is 2.34. The molecule has 1 amide bonds. The molecule has 1 aromatic rings. The molecule has 2 rings (SSSR count). The number of diazo groups is 1. The van der Waals surface area contributed by atoms with Crippen molar-refractivity contribution in [2.45, 2.75) is 12.1 Å². The van der Waals surface area contributed by atoms with Crippen LogP contribution in [0, 0.1) is 5.39 Å².